The van der Waals surface area contributed by atoms with Crippen LogP contribution in [0.3, 0.4) is 0 Å². The molecule has 0 radical (unpaired) electrons. The van der Waals surface area contributed by atoms with E-state index in [1.165, 1.54) is 0 Å². The molecule has 1 saturated heterocycles. The molecule has 2 fully saturated rings. The molecule has 2 aliphatic rings. The number of rotatable bonds is 5. The van der Waals surface area contributed by atoms with Crippen LogP contribution in [0.25, 0.3) is 0 Å². The smallest absolute Gasteiger partial charge is 0.223 e. The molecule has 20 heavy (non-hydrogen) atoms. The number of carbonyl (C=O) groups excluding carboxylic acids is 2. The predicted octanol–water partition coefficient (Wildman–Crippen LogP) is 0.831. The van der Waals surface area contributed by atoms with Gasteiger partial charge in [-0.25, -0.2) is 0 Å². The van der Waals surface area contributed by atoms with E-state index in [0.717, 1.165) is 25.9 Å². The van der Waals surface area contributed by atoms with E-state index in [-0.39, 0.29) is 17.9 Å². The summed E-state index contributed by atoms with van der Waals surface area (Å²) >= 11 is 0. The predicted molar refractivity (Wildman–Crippen MR) is 77.9 cm³/mol. The Labute approximate surface area is 121 Å². The number of amides is 2. The molecule has 1 heterocycles. The molecule has 0 spiro atoms. The van der Waals surface area contributed by atoms with E-state index in [9.17, 15) is 9.59 Å². The van der Waals surface area contributed by atoms with E-state index in [0.29, 0.717) is 37.8 Å². The number of hydrogen-bond acceptors (Lipinski definition) is 3. The number of carbonyl (C=O) groups is 2. The van der Waals surface area contributed by atoms with Crippen molar-refractivity contribution in [3.63, 3.8) is 0 Å². The first kappa shape index (κ1) is 15.3. The first-order valence-corrected chi connectivity index (χ1v) is 7.87. The highest BCUT2D eigenvalue weighted by molar-refractivity contribution is 5.84. The average molecular weight is 281 g/mol. The fourth-order valence-electron chi connectivity index (χ4n) is 3.62. The normalized spacial score (nSPS) is 28.6. The van der Waals surface area contributed by atoms with E-state index in [2.05, 4.69) is 0 Å². The summed E-state index contributed by atoms with van der Waals surface area (Å²) in [6, 6.07) is 0.259. The Bertz CT molecular complexity index is 368. The van der Waals surface area contributed by atoms with E-state index >= 15 is 0 Å². The Kier molecular flexibility index (Phi) is 5.02. The zero-order valence-electron chi connectivity index (χ0n) is 12.7. The molecule has 2 rings (SSSR count). The molecule has 0 bridgehead atoms. The van der Waals surface area contributed by atoms with Crippen molar-refractivity contribution in [2.75, 3.05) is 26.2 Å². The van der Waals surface area contributed by atoms with Gasteiger partial charge in [0.05, 0.1) is 0 Å². The molecule has 0 aromatic rings. The van der Waals surface area contributed by atoms with E-state index in [4.69, 9.17) is 5.73 Å². The minimum absolute atomic E-state index is 0.0828. The van der Waals surface area contributed by atoms with Gasteiger partial charge < -0.3 is 15.5 Å². The second-order valence-electron chi connectivity index (χ2n) is 6.03. The molecule has 2 amide bonds. The fourth-order valence-corrected chi connectivity index (χ4v) is 3.62. The van der Waals surface area contributed by atoms with Crippen molar-refractivity contribution < 1.29 is 9.59 Å². The Morgan fingerprint density at radius 1 is 1.15 bits per heavy atom. The summed E-state index contributed by atoms with van der Waals surface area (Å²) in [5, 5.41) is 0. The lowest BCUT2D eigenvalue weighted by molar-refractivity contribution is -0.136. The van der Waals surface area contributed by atoms with Crippen LogP contribution in [0.15, 0.2) is 0 Å². The Morgan fingerprint density at radius 2 is 1.85 bits per heavy atom. The Morgan fingerprint density at radius 3 is 2.45 bits per heavy atom. The third-order valence-corrected chi connectivity index (χ3v) is 4.93. The van der Waals surface area contributed by atoms with Crippen LogP contribution in [0.4, 0.5) is 0 Å². The van der Waals surface area contributed by atoms with Gasteiger partial charge in [0.1, 0.15) is 0 Å². The number of nitrogens with zero attached hydrogens (tertiary/aromatic N) is 2. The largest absolute Gasteiger partial charge is 0.343 e. The molecular weight excluding hydrogens is 254 g/mol. The number of likely N-dealkylation sites (tertiary alicyclic amines) is 1. The zero-order chi connectivity index (χ0) is 14.7. The molecule has 3 unspecified atom stereocenters. The average Bonchev–Trinajstić information content (AvgIpc) is 3.00. The van der Waals surface area contributed by atoms with E-state index in [1.807, 2.05) is 18.7 Å². The number of fused-ring (bicyclic) bond motifs is 1. The van der Waals surface area contributed by atoms with Crippen LogP contribution in [0.5, 0.6) is 0 Å². The van der Waals surface area contributed by atoms with Crippen molar-refractivity contribution >= 4 is 11.8 Å². The summed E-state index contributed by atoms with van der Waals surface area (Å²) in [6.45, 7) is 7.00. The molecule has 5 nitrogen and oxygen atoms in total. The minimum Gasteiger partial charge on any atom is -0.343 e. The first-order chi connectivity index (χ1) is 9.56. The molecule has 0 aromatic heterocycles. The molecule has 0 aromatic carbocycles. The van der Waals surface area contributed by atoms with Crippen molar-refractivity contribution in [3.8, 4) is 0 Å². The second kappa shape index (κ2) is 6.57. The molecule has 3 atom stereocenters. The van der Waals surface area contributed by atoms with Gasteiger partial charge >= 0.3 is 0 Å². The van der Waals surface area contributed by atoms with Crippen molar-refractivity contribution in [1.82, 2.24) is 9.80 Å². The standard InChI is InChI=1S/C15H27N3O2/c1-3-17(4-2)14(19)7-8-15(20)18-9-11-5-6-13(16)12(11)10-18/h11-13H,3-10,16H2,1-2H3. The van der Waals surface area contributed by atoms with Crippen LogP contribution < -0.4 is 5.73 Å². The lowest BCUT2D eigenvalue weighted by atomic mass is 9.98. The van der Waals surface area contributed by atoms with Crippen molar-refractivity contribution in [2.24, 2.45) is 17.6 Å². The lowest BCUT2D eigenvalue weighted by Gasteiger charge is -2.21. The third-order valence-electron chi connectivity index (χ3n) is 4.93. The lowest BCUT2D eigenvalue weighted by Crippen LogP contribution is -2.35. The number of nitrogens with two attached hydrogens (primary N) is 1. The van der Waals surface area contributed by atoms with Crippen LogP contribution in [-0.2, 0) is 9.59 Å². The summed E-state index contributed by atoms with van der Waals surface area (Å²) in [5.74, 6) is 1.27. The maximum atomic E-state index is 12.2. The van der Waals surface area contributed by atoms with Gasteiger partial charge in [-0.15, -0.1) is 0 Å². The highest BCUT2D eigenvalue weighted by Gasteiger charge is 2.42. The fraction of sp³-hybridized carbons (Fsp3) is 0.867. The monoisotopic (exact) mass is 281 g/mol. The van der Waals surface area contributed by atoms with Gasteiger partial charge in [0.15, 0.2) is 0 Å². The zero-order valence-corrected chi connectivity index (χ0v) is 12.7. The molecule has 5 heteroatoms. The van der Waals surface area contributed by atoms with Gasteiger partial charge in [-0.05, 0) is 38.5 Å². The van der Waals surface area contributed by atoms with Crippen molar-refractivity contribution in [2.45, 2.75) is 45.6 Å². The van der Waals surface area contributed by atoms with Crippen LogP contribution in [0, 0.1) is 11.8 Å². The minimum atomic E-state index is 0.0828. The molecule has 1 aliphatic heterocycles. The Balaban J connectivity index is 1.77. The van der Waals surface area contributed by atoms with Crippen LogP contribution in [0.2, 0.25) is 0 Å². The van der Waals surface area contributed by atoms with Gasteiger partial charge in [0.25, 0.3) is 0 Å². The maximum Gasteiger partial charge on any atom is 0.223 e. The van der Waals surface area contributed by atoms with Gasteiger partial charge in [0.2, 0.25) is 11.8 Å². The SMILES string of the molecule is CCN(CC)C(=O)CCC(=O)N1CC2CCC(N)C2C1. The van der Waals surface area contributed by atoms with Gasteiger partial charge in [-0.2, -0.15) is 0 Å². The van der Waals surface area contributed by atoms with Crippen LogP contribution in [-0.4, -0.2) is 53.8 Å². The highest BCUT2D eigenvalue weighted by Crippen LogP contribution is 2.37. The molecule has 1 saturated carbocycles. The molecule has 2 N–H and O–H groups in total. The maximum absolute atomic E-state index is 12.2. The van der Waals surface area contributed by atoms with Crippen LogP contribution >= 0.6 is 0 Å². The summed E-state index contributed by atoms with van der Waals surface area (Å²) in [7, 11) is 0. The summed E-state index contributed by atoms with van der Waals surface area (Å²) < 4.78 is 0. The first-order valence-electron chi connectivity index (χ1n) is 7.87. The molecular formula is C15H27N3O2. The number of hydrogen-bond donors (Lipinski definition) is 1. The van der Waals surface area contributed by atoms with Gasteiger partial charge in [-0.3, -0.25) is 9.59 Å². The molecule has 1 aliphatic carbocycles. The van der Waals surface area contributed by atoms with Gasteiger partial charge in [-0.1, -0.05) is 0 Å². The summed E-state index contributed by atoms with van der Waals surface area (Å²) in [4.78, 5) is 27.8. The second-order valence-corrected chi connectivity index (χ2v) is 6.03. The van der Waals surface area contributed by atoms with Crippen molar-refractivity contribution in [1.29, 1.82) is 0 Å². The van der Waals surface area contributed by atoms with Crippen LogP contribution in [0.1, 0.15) is 39.5 Å². The quantitative estimate of drug-likeness (QED) is 0.811. The third kappa shape index (κ3) is 3.14. The van der Waals surface area contributed by atoms with Gasteiger partial charge in [0, 0.05) is 45.1 Å². The summed E-state index contributed by atoms with van der Waals surface area (Å²) in [6.07, 6.45) is 2.91. The molecule has 114 valence electrons. The summed E-state index contributed by atoms with van der Waals surface area (Å²) in [5.41, 5.74) is 6.08. The van der Waals surface area contributed by atoms with E-state index in [1.54, 1.807) is 4.90 Å². The van der Waals surface area contributed by atoms with Crippen molar-refractivity contribution in [3.05, 3.63) is 0 Å². The van der Waals surface area contributed by atoms with E-state index < -0.39 is 0 Å². The topological polar surface area (TPSA) is 66.6 Å². The Hall–Kier alpha value is -1.10. The highest BCUT2D eigenvalue weighted by atomic mass is 16.2.